The molecule has 0 amide bonds. The lowest BCUT2D eigenvalue weighted by Gasteiger charge is -2.08. The molecule has 2 N–H and O–H groups in total. The Labute approximate surface area is 167 Å². The van der Waals surface area contributed by atoms with Crippen LogP contribution in [-0.2, 0) is 6.18 Å². The molecular formula is C21H13F4N3O2. The molecule has 1 aromatic heterocycles. The molecule has 0 atom stereocenters. The standard InChI is InChI=1S/C21H13F4N3O2/c22-13-4-3-5-14(11-13)28-20(16-6-1-2-7-17(16)29)26-19(27-28)15-9-8-12(10-18(15)30)21(23,24)25/h1-11,29-30H. The first kappa shape index (κ1) is 19.4. The number of aromatic nitrogens is 3. The van der Waals surface area contributed by atoms with Crippen molar-refractivity contribution in [3.63, 3.8) is 0 Å². The van der Waals surface area contributed by atoms with E-state index in [2.05, 4.69) is 10.1 Å². The van der Waals surface area contributed by atoms with Crippen molar-refractivity contribution in [3.05, 3.63) is 78.1 Å². The minimum atomic E-state index is -4.62. The average Bonchev–Trinajstić information content (AvgIpc) is 3.12. The molecule has 0 radical (unpaired) electrons. The number of halogens is 4. The molecule has 0 aliphatic rings. The van der Waals surface area contributed by atoms with Crippen LogP contribution in [0, 0.1) is 5.82 Å². The Morgan fingerprint density at radius 2 is 1.57 bits per heavy atom. The topological polar surface area (TPSA) is 71.2 Å². The quantitative estimate of drug-likeness (QED) is 0.453. The van der Waals surface area contributed by atoms with E-state index in [1.807, 2.05) is 0 Å². The van der Waals surface area contributed by atoms with Crippen LogP contribution in [0.4, 0.5) is 17.6 Å². The van der Waals surface area contributed by atoms with E-state index in [0.29, 0.717) is 6.07 Å². The van der Waals surface area contributed by atoms with Crippen molar-refractivity contribution in [1.29, 1.82) is 0 Å². The fourth-order valence-corrected chi connectivity index (χ4v) is 2.95. The van der Waals surface area contributed by atoms with Gasteiger partial charge < -0.3 is 10.2 Å². The van der Waals surface area contributed by atoms with Crippen LogP contribution in [0.25, 0.3) is 28.5 Å². The molecule has 0 fully saturated rings. The van der Waals surface area contributed by atoms with Gasteiger partial charge in [-0.2, -0.15) is 13.2 Å². The maximum absolute atomic E-state index is 13.8. The zero-order chi connectivity index (χ0) is 21.5. The highest BCUT2D eigenvalue weighted by atomic mass is 19.4. The van der Waals surface area contributed by atoms with Crippen LogP contribution in [0.5, 0.6) is 11.5 Å². The predicted molar refractivity (Wildman–Crippen MR) is 101 cm³/mol. The lowest BCUT2D eigenvalue weighted by Crippen LogP contribution is -2.04. The summed E-state index contributed by atoms with van der Waals surface area (Å²) in [7, 11) is 0. The number of aromatic hydroxyl groups is 2. The molecule has 4 rings (SSSR count). The number of phenols is 2. The molecule has 0 aliphatic carbocycles. The van der Waals surface area contributed by atoms with E-state index in [4.69, 9.17) is 0 Å². The van der Waals surface area contributed by atoms with E-state index in [-0.39, 0.29) is 34.2 Å². The van der Waals surface area contributed by atoms with Crippen molar-refractivity contribution in [1.82, 2.24) is 14.8 Å². The number of hydrogen-bond acceptors (Lipinski definition) is 4. The highest BCUT2D eigenvalue weighted by Gasteiger charge is 2.31. The molecule has 152 valence electrons. The van der Waals surface area contributed by atoms with E-state index in [1.165, 1.54) is 28.9 Å². The number of hydrogen-bond donors (Lipinski definition) is 2. The van der Waals surface area contributed by atoms with Crippen LogP contribution >= 0.6 is 0 Å². The van der Waals surface area contributed by atoms with Gasteiger partial charge in [-0.3, -0.25) is 0 Å². The van der Waals surface area contributed by atoms with Crippen molar-refractivity contribution in [3.8, 4) is 40.0 Å². The molecule has 0 saturated carbocycles. The Morgan fingerprint density at radius 1 is 0.800 bits per heavy atom. The molecule has 30 heavy (non-hydrogen) atoms. The minimum Gasteiger partial charge on any atom is -0.507 e. The third kappa shape index (κ3) is 3.57. The summed E-state index contributed by atoms with van der Waals surface area (Å²) in [5.74, 6) is -1.29. The first-order valence-electron chi connectivity index (χ1n) is 8.66. The van der Waals surface area contributed by atoms with Gasteiger partial charge in [0.25, 0.3) is 0 Å². The lowest BCUT2D eigenvalue weighted by molar-refractivity contribution is -0.137. The third-order valence-corrected chi connectivity index (χ3v) is 4.37. The predicted octanol–water partition coefficient (Wildman–Crippen LogP) is 5.17. The van der Waals surface area contributed by atoms with Gasteiger partial charge in [-0.15, -0.1) is 5.10 Å². The first-order valence-corrected chi connectivity index (χ1v) is 8.66. The molecule has 0 saturated heterocycles. The molecule has 0 aliphatic heterocycles. The molecular weight excluding hydrogens is 402 g/mol. The maximum Gasteiger partial charge on any atom is 0.416 e. The Kier molecular flexibility index (Phi) is 4.65. The van der Waals surface area contributed by atoms with Crippen LogP contribution in [0.3, 0.4) is 0 Å². The number of benzene rings is 3. The van der Waals surface area contributed by atoms with Crippen LogP contribution in [-0.4, -0.2) is 25.0 Å². The van der Waals surface area contributed by atoms with Gasteiger partial charge in [-0.25, -0.2) is 14.1 Å². The SMILES string of the molecule is Oc1cc(C(F)(F)F)ccc1-c1nc(-c2ccccc2O)n(-c2cccc(F)c2)n1. The van der Waals surface area contributed by atoms with E-state index in [0.717, 1.165) is 12.1 Å². The zero-order valence-electron chi connectivity index (χ0n) is 15.1. The van der Waals surface area contributed by atoms with Crippen LogP contribution in [0.15, 0.2) is 66.7 Å². The maximum atomic E-state index is 13.8. The second-order valence-corrected chi connectivity index (χ2v) is 6.40. The fraction of sp³-hybridized carbons (Fsp3) is 0.0476. The van der Waals surface area contributed by atoms with Crippen molar-refractivity contribution in [2.24, 2.45) is 0 Å². The summed E-state index contributed by atoms with van der Waals surface area (Å²) >= 11 is 0. The normalized spacial score (nSPS) is 11.6. The van der Waals surface area contributed by atoms with Crippen LogP contribution in [0.1, 0.15) is 5.56 Å². The van der Waals surface area contributed by atoms with E-state index >= 15 is 0 Å². The van der Waals surface area contributed by atoms with Gasteiger partial charge >= 0.3 is 6.18 Å². The van der Waals surface area contributed by atoms with Gasteiger partial charge in [0.15, 0.2) is 11.6 Å². The monoisotopic (exact) mass is 415 g/mol. The zero-order valence-corrected chi connectivity index (χ0v) is 15.1. The molecule has 4 aromatic rings. The summed E-state index contributed by atoms with van der Waals surface area (Å²) < 4.78 is 53.7. The summed E-state index contributed by atoms with van der Waals surface area (Å²) in [6.07, 6.45) is -4.62. The minimum absolute atomic E-state index is 0.0465. The number of rotatable bonds is 3. The lowest BCUT2D eigenvalue weighted by atomic mass is 10.1. The molecule has 3 aromatic carbocycles. The third-order valence-electron chi connectivity index (χ3n) is 4.37. The Bertz CT molecular complexity index is 1240. The summed E-state index contributed by atoms with van der Waals surface area (Å²) in [6, 6.07) is 14.1. The van der Waals surface area contributed by atoms with E-state index in [9.17, 15) is 27.8 Å². The Morgan fingerprint density at radius 3 is 2.23 bits per heavy atom. The molecule has 0 unspecified atom stereocenters. The van der Waals surface area contributed by atoms with E-state index < -0.39 is 23.3 Å². The van der Waals surface area contributed by atoms with Gasteiger partial charge in [0.1, 0.15) is 17.3 Å². The Balaban J connectivity index is 1.91. The summed E-state index contributed by atoms with van der Waals surface area (Å²) in [5, 5.41) is 24.6. The highest BCUT2D eigenvalue weighted by Crippen LogP contribution is 2.37. The summed E-state index contributed by atoms with van der Waals surface area (Å²) in [5.41, 5.74) is -0.519. The molecule has 9 heteroatoms. The second kappa shape index (κ2) is 7.18. The van der Waals surface area contributed by atoms with Gasteiger partial charge in [-0.05, 0) is 48.5 Å². The largest absolute Gasteiger partial charge is 0.507 e. The summed E-state index contributed by atoms with van der Waals surface area (Å²) in [4.78, 5) is 4.30. The van der Waals surface area contributed by atoms with Gasteiger partial charge in [0.05, 0.1) is 22.4 Å². The van der Waals surface area contributed by atoms with Crippen molar-refractivity contribution >= 4 is 0 Å². The van der Waals surface area contributed by atoms with Crippen molar-refractivity contribution in [2.45, 2.75) is 6.18 Å². The van der Waals surface area contributed by atoms with E-state index in [1.54, 1.807) is 24.3 Å². The number of phenolic OH excluding ortho intramolecular Hbond substituents is 2. The smallest absolute Gasteiger partial charge is 0.416 e. The second-order valence-electron chi connectivity index (χ2n) is 6.40. The molecule has 1 heterocycles. The first-order chi connectivity index (χ1) is 14.2. The number of nitrogens with zero attached hydrogens (tertiary/aromatic N) is 3. The molecule has 0 spiro atoms. The van der Waals surface area contributed by atoms with Gasteiger partial charge in [-0.1, -0.05) is 18.2 Å². The fourth-order valence-electron chi connectivity index (χ4n) is 2.95. The summed E-state index contributed by atoms with van der Waals surface area (Å²) in [6.45, 7) is 0. The molecule has 5 nitrogen and oxygen atoms in total. The Hall–Kier alpha value is -3.88. The number of para-hydroxylation sites is 1. The van der Waals surface area contributed by atoms with Crippen LogP contribution < -0.4 is 0 Å². The van der Waals surface area contributed by atoms with Gasteiger partial charge in [0, 0.05) is 0 Å². The van der Waals surface area contributed by atoms with Crippen molar-refractivity contribution in [2.75, 3.05) is 0 Å². The highest BCUT2D eigenvalue weighted by molar-refractivity contribution is 5.71. The average molecular weight is 415 g/mol. The van der Waals surface area contributed by atoms with Gasteiger partial charge in [0.2, 0.25) is 0 Å². The van der Waals surface area contributed by atoms with Crippen molar-refractivity contribution < 1.29 is 27.8 Å². The number of alkyl halides is 3. The van der Waals surface area contributed by atoms with Crippen LogP contribution in [0.2, 0.25) is 0 Å². The molecule has 0 bridgehead atoms.